The maximum atomic E-state index is 12.2. The highest BCUT2D eigenvalue weighted by Gasteiger charge is 2.39. The highest BCUT2D eigenvalue weighted by Crippen LogP contribution is 2.33. The first kappa shape index (κ1) is 16.6. The normalized spacial score (nSPS) is 22.0. The van der Waals surface area contributed by atoms with Crippen LogP contribution in [0.5, 0.6) is 0 Å². The zero-order chi connectivity index (χ0) is 18.2. The van der Waals surface area contributed by atoms with Crippen LogP contribution in [0.1, 0.15) is 30.5 Å². The van der Waals surface area contributed by atoms with Crippen LogP contribution in [0.25, 0.3) is 11.4 Å². The second-order valence-corrected chi connectivity index (χ2v) is 7.71. The van der Waals surface area contributed by atoms with Gasteiger partial charge in [0, 0.05) is 61.5 Å². The SMILES string of the molecule is O=C1C[C@H](CNc2nc(-c3ccncc3)nc3c2CCNC3)CN1C1CC1. The molecule has 2 aromatic heterocycles. The molecule has 1 aliphatic carbocycles. The van der Waals surface area contributed by atoms with Crippen LogP contribution in [0.15, 0.2) is 24.5 Å². The van der Waals surface area contributed by atoms with Crippen molar-refractivity contribution in [2.45, 2.75) is 38.3 Å². The Kier molecular flexibility index (Phi) is 4.24. The van der Waals surface area contributed by atoms with Gasteiger partial charge in [-0.3, -0.25) is 9.78 Å². The lowest BCUT2D eigenvalue weighted by Gasteiger charge is -2.22. The number of aromatic nitrogens is 3. The van der Waals surface area contributed by atoms with Crippen LogP contribution in [0.4, 0.5) is 5.82 Å². The highest BCUT2D eigenvalue weighted by molar-refractivity contribution is 5.79. The molecular weight excluding hydrogens is 340 g/mol. The molecule has 4 heterocycles. The molecule has 1 saturated carbocycles. The predicted octanol–water partition coefficient (Wildman–Crippen LogP) is 1.61. The summed E-state index contributed by atoms with van der Waals surface area (Å²) in [4.78, 5) is 28.0. The van der Waals surface area contributed by atoms with E-state index in [1.165, 1.54) is 18.4 Å². The van der Waals surface area contributed by atoms with Gasteiger partial charge in [0.15, 0.2) is 5.82 Å². The van der Waals surface area contributed by atoms with Crippen molar-refractivity contribution in [3.63, 3.8) is 0 Å². The molecule has 1 amide bonds. The molecule has 2 aliphatic heterocycles. The Morgan fingerprint density at radius 2 is 2.07 bits per heavy atom. The maximum absolute atomic E-state index is 12.2. The van der Waals surface area contributed by atoms with Crippen LogP contribution in [0, 0.1) is 5.92 Å². The van der Waals surface area contributed by atoms with Crippen LogP contribution in [0.3, 0.4) is 0 Å². The van der Waals surface area contributed by atoms with Crippen molar-refractivity contribution in [3.8, 4) is 11.4 Å². The largest absolute Gasteiger partial charge is 0.369 e. The van der Waals surface area contributed by atoms with E-state index in [1.807, 2.05) is 12.1 Å². The lowest BCUT2D eigenvalue weighted by atomic mass is 10.1. The first-order chi connectivity index (χ1) is 13.3. The van der Waals surface area contributed by atoms with Crippen LogP contribution in [-0.4, -0.2) is 51.4 Å². The van der Waals surface area contributed by atoms with Gasteiger partial charge in [-0.2, -0.15) is 0 Å². The van der Waals surface area contributed by atoms with Gasteiger partial charge in [-0.25, -0.2) is 9.97 Å². The smallest absolute Gasteiger partial charge is 0.223 e. The number of hydrogen-bond donors (Lipinski definition) is 2. The molecule has 140 valence electrons. The molecule has 2 fully saturated rings. The van der Waals surface area contributed by atoms with E-state index in [0.29, 0.717) is 24.3 Å². The molecule has 0 unspecified atom stereocenters. The van der Waals surface area contributed by atoms with Gasteiger partial charge in [-0.05, 0) is 37.9 Å². The maximum Gasteiger partial charge on any atom is 0.223 e. The quantitative estimate of drug-likeness (QED) is 0.839. The highest BCUT2D eigenvalue weighted by atomic mass is 16.2. The number of nitrogens with one attached hydrogen (secondary N) is 2. The standard InChI is InChI=1S/C20H24N6O/c27-18-9-13(12-26(18)15-1-2-15)10-23-20-16-5-8-22-11-17(16)24-19(25-20)14-3-6-21-7-4-14/h3-4,6-7,13,15,22H,1-2,5,8-12H2,(H,23,24,25)/t13-/m1/s1. The molecule has 27 heavy (non-hydrogen) atoms. The molecule has 3 aliphatic rings. The summed E-state index contributed by atoms with van der Waals surface area (Å²) in [5, 5.41) is 6.95. The molecule has 2 N–H and O–H groups in total. The fraction of sp³-hybridized carbons (Fsp3) is 0.500. The Balaban J connectivity index is 1.37. The summed E-state index contributed by atoms with van der Waals surface area (Å²) in [6.07, 6.45) is 7.45. The van der Waals surface area contributed by atoms with Gasteiger partial charge >= 0.3 is 0 Å². The number of nitrogens with zero attached hydrogens (tertiary/aromatic N) is 4. The molecule has 2 aromatic rings. The summed E-state index contributed by atoms with van der Waals surface area (Å²) >= 11 is 0. The number of likely N-dealkylation sites (tertiary alicyclic amines) is 1. The average molecular weight is 364 g/mol. The number of amides is 1. The Morgan fingerprint density at radius 1 is 1.22 bits per heavy atom. The molecule has 7 nitrogen and oxygen atoms in total. The number of fused-ring (bicyclic) bond motifs is 1. The van der Waals surface area contributed by atoms with Crippen LogP contribution in [-0.2, 0) is 17.8 Å². The van der Waals surface area contributed by atoms with E-state index in [0.717, 1.165) is 55.5 Å². The summed E-state index contributed by atoms with van der Waals surface area (Å²) in [5.74, 6) is 2.32. The molecule has 0 bridgehead atoms. The monoisotopic (exact) mass is 364 g/mol. The van der Waals surface area contributed by atoms with Gasteiger partial charge < -0.3 is 15.5 Å². The van der Waals surface area contributed by atoms with Crippen molar-refractivity contribution in [2.75, 3.05) is 25.0 Å². The fourth-order valence-electron chi connectivity index (χ4n) is 4.06. The van der Waals surface area contributed by atoms with Crippen molar-refractivity contribution in [3.05, 3.63) is 35.8 Å². The van der Waals surface area contributed by atoms with Gasteiger partial charge in [0.05, 0.1) is 5.69 Å². The van der Waals surface area contributed by atoms with E-state index in [-0.39, 0.29) is 0 Å². The lowest BCUT2D eigenvalue weighted by Crippen LogP contribution is -2.29. The number of anilines is 1. The van der Waals surface area contributed by atoms with E-state index >= 15 is 0 Å². The van der Waals surface area contributed by atoms with Crippen molar-refractivity contribution in [1.29, 1.82) is 0 Å². The summed E-state index contributed by atoms with van der Waals surface area (Å²) in [6, 6.07) is 4.38. The fourth-order valence-corrected chi connectivity index (χ4v) is 4.06. The van der Waals surface area contributed by atoms with Crippen molar-refractivity contribution < 1.29 is 4.79 Å². The van der Waals surface area contributed by atoms with Crippen LogP contribution >= 0.6 is 0 Å². The Morgan fingerprint density at radius 3 is 2.89 bits per heavy atom. The lowest BCUT2D eigenvalue weighted by molar-refractivity contribution is -0.128. The molecule has 0 radical (unpaired) electrons. The number of carbonyl (C=O) groups is 1. The summed E-state index contributed by atoms with van der Waals surface area (Å²) in [5.41, 5.74) is 3.24. The third-order valence-corrected chi connectivity index (χ3v) is 5.66. The average Bonchev–Trinajstić information content (AvgIpc) is 3.49. The van der Waals surface area contributed by atoms with Crippen LogP contribution < -0.4 is 10.6 Å². The second kappa shape index (κ2) is 6.88. The van der Waals surface area contributed by atoms with Gasteiger partial charge in [0.25, 0.3) is 0 Å². The Hall–Kier alpha value is -2.54. The van der Waals surface area contributed by atoms with E-state index in [9.17, 15) is 4.79 Å². The third kappa shape index (κ3) is 3.39. The van der Waals surface area contributed by atoms with Crippen molar-refractivity contribution in [2.24, 2.45) is 5.92 Å². The van der Waals surface area contributed by atoms with E-state index in [2.05, 4.69) is 20.5 Å². The zero-order valence-electron chi connectivity index (χ0n) is 15.3. The number of hydrogen-bond acceptors (Lipinski definition) is 6. The molecular formula is C20H24N6O. The third-order valence-electron chi connectivity index (χ3n) is 5.66. The van der Waals surface area contributed by atoms with Gasteiger partial charge in [-0.1, -0.05) is 0 Å². The van der Waals surface area contributed by atoms with Crippen molar-refractivity contribution >= 4 is 11.7 Å². The second-order valence-electron chi connectivity index (χ2n) is 7.71. The Bertz CT molecular complexity index is 851. The minimum Gasteiger partial charge on any atom is -0.369 e. The first-order valence-electron chi connectivity index (χ1n) is 9.82. The van der Waals surface area contributed by atoms with Crippen LogP contribution in [0.2, 0.25) is 0 Å². The van der Waals surface area contributed by atoms with Crippen molar-refractivity contribution in [1.82, 2.24) is 25.2 Å². The minimum atomic E-state index is 0.315. The Labute approximate surface area is 158 Å². The van der Waals surface area contributed by atoms with E-state index in [1.54, 1.807) is 12.4 Å². The zero-order valence-corrected chi connectivity index (χ0v) is 15.3. The summed E-state index contributed by atoms with van der Waals surface area (Å²) in [6.45, 7) is 3.36. The molecule has 1 saturated heterocycles. The molecule has 5 rings (SSSR count). The summed E-state index contributed by atoms with van der Waals surface area (Å²) < 4.78 is 0. The van der Waals surface area contributed by atoms with E-state index in [4.69, 9.17) is 9.97 Å². The topological polar surface area (TPSA) is 83.0 Å². The first-order valence-corrected chi connectivity index (χ1v) is 9.82. The predicted molar refractivity (Wildman–Crippen MR) is 102 cm³/mol. The number of carbonyl (C=O) groups excluding carboxylic acids is 1. The molecule has 1 atom stereocenters. The van der Waals surface area contributed by atoms with Gasteiger partial charge in [0.2, 0.25) is 5.91 Å². The molecule has 0 spiro atoms. The molecule has 7 heteroatoms. The molecule has 0 aromatic carbocycles. The van der Waals surface area contributed by atoms with Gasteiger partial charge in [-0.15, -0.1) is 0 Å². The van der Waals surface area contributed by atoms with Gasteiger partial charge in [0.1, 0.15) is 5.82 Å². The van der Waals surface area contributed by atoms with E-state index < -0.39 is 0 Å². The summed E-state index contributed by atoms with van der Waals surface area (Å²) in [7, 11) is 0. The number of rotatable bonds is 5. The number of pyridine rings is 1. The minimum absolute atomic E-state index is 0.315.